The summed E-state index contributed by atoms with van der Waals surface area (Å²) in [6, 6.07) is 3.62. The van der Waals surface area contributed by atoms with Gasteiger partial charge in [-0.15, -0.1) is 0 Å². The number of rotatable bonds is 3. The van der Waals surface area contributed by atoms with Crippen molar-refractivity contribution in [2.45, 2.75) is 19.8 Å². The van der Waals surface area contributed by atoms with E-state index >= 15 is 0 Å². The van der Waals surface area contributed by atoms with Crippen molar-refractivity contribution >= 4 is 5.91 Å². The molecule has 1 aromatic heterocycles. The Bertz CT molecular complexity index is 406. The lowest BCUT2D eigenvalue weighted by Gasteiger charge is -2.17. The third kappa shape index (κ3) is 2.64. The molecule has 2 rings (SSSR count). The topological polar surface area (TPSA) is 53.4 Å². The van der Waals surface area contributed by atoms with Crippen molar-refractivity contribution in [2.24, 2.45) is 5.92 Å². The van der Waals surface area contributed by atoms with Crippen LogP contribution in [0.25, 0.3) is 0 Å². The van der Waals surface area contributed by atoms with Gasteiger partial charge < -0.3 is 10.0 Å². The molecule has 1 aromatic rings. The van der Waals surface area contributed by atoms with Crippen LogP contribution >= 0.6 is 0 Å². The average Bonchev–Trinajstić information content (AvgIpc) is 2.78. The van der Waals surface area contributed by atoms with Crippen LogP contribution in [0.1, 0.15) is 28.9 Å². The molecule has 0 spiro atoms. The van der Waals surface area contributed by atoms with Gasteiger partial charge in [-0.1, -0.05) is 0 Å². The van der Waals surface area contributed by atoms with Gasteiger partial charge in [0.15, 0.2) is 0 Å². The minimum atomic E-state index is 0.0658. The van der Waals surface area contributed by atoms with Crippen molar-refractivity contribution in [1.82, 2.24) is 9.88 Å². The fraction of sp³-hybridized carbons (Fsp3) is 0.538. The first kappa shape index (κ1) is 12.0. The van der Waals surface area contributed by atoms with Gasteiger partial charge in [0, 0.05) is 31.6 Å². The minimum absolute atomic E-state index is 0.0658. The molecule has 1 aliphatic heterocycles. The van der Waals surface area contributed by atoms with E-state index in [9.17, 15) is 4.79 Å². The van der Waals surface area contributed by atoms with Gasteiger partial charge in [0.05, 0.1) is 5.56 Å². The summed E-state index contributed by atoms with van der Waals surface area (Å²) in [6.07, 6.45) is 3.48. The molecule has 1 fully saturated rings. The number of likely N-dealkylation sites (tertiary alicyclic amines) is 1. The molecule has 1 saturated heterocycles. The van der Waals surface area contributed by atoms with E-state index in [0.29, 0.717) is 11.5 Å². The van der Waals surface area contributed by atoms with Crippen LogP contribution in [-0.4, -0.2) is 40.6 Å². The summed E-state index contributed by atoms with van der Waals surface area (Å²) in [6.45, 7) is 3.61. The van der Waals surface area contributed by atoms with E-state index in [1.807, 2.05) is 17.9 Å². The number of hydrogen-bond acceptors (Lipinski definition) is 3. The fourth-order valence-electron chi connectivity index (χ4n) is 2.32. The molecule has 0 aliphatic carbocycles. The SMILES string of the molecule is Cc1ncccc1C(=O)N1CCC(CCO)C1. The van der Waals surface area contributed by atoms with E-state index in [-0.39, 0.29) is 12.5 Å². The molecule has 1 aliphatic rings. The average molecular weight is 234 g/mol. The van der Waals surface area contributed by atoms with E-state index in [0.717, 1.165) is 31.6 Å². The predicted molar refractivity (Wildman–Crippen MR) is 64.7 cm³/mol. The van der Waals surface area contributed by atoms with Crippen molar-refractivity contribution in [3.63, 3.8) is 0 Å². The predicted octanol–water partition coefficient (Wildman–Crippen LogP) is 1.23. The second-order valence-electron chi connectivity index (χ2n) is 4.55. The first-order valence-corrected chi connectivity index (χ1v) is 6.04. The largest absolute Gasteiger partial charge is 0.396 e. The number of aryl methyl sites for hydroxylation is 1. The molecule has 1 N–H and O–H groups in total. The number of aliphatic hydroxyl groups excluding tert-OH is 1. The van der Waals surface area contributed by atoms with Crippen molar-refractivity contribution in [3.05, 3.63) is 29.6 Å². The highest BCUT2D eigenvalue weighted by molar-refractivity contribution is 5.95. The molecule has 4 heteroatoms. The molecule has 0 radical (unpaired) electrons. The van der Waals surface area contributed by atoms with Crippen LogP contribution < -0.4 is 0 Å². The van der Waals surface area contributed by atoms with Crippen LogP contribution in [0.2, 0.25) is 0 Å². The second kappa shape index (κ2) is 5.27. The Morgan fingerprint density at radius 3 is 3.18 bits per heavy atom. The van der Waals surface area contributed by atoms with Gasteiger partial charge in [-0.2, -0.15) is 0 Å². The van der Waals surface area contributed by atoms with Gasteiger partial charge in [0.25, 0.3) is 5.91 Å². The van der Waals surface area contributed by atoms with E-state index in [4.69, 9.17) is 5.11 Å². The zero-order valence-electron chi connectivity index (χ0n) is 10.1. The van der Waals surface area contributed by atoms with Gasteiger partial charge in [-0.25, -0.2) is 0 Å². The van der Waals surface area contributed by atoms with E-state index in [1.165, 1.54) is 0 Å². The Kier molecular flexibility index (Phi) is 3.74. The Balaban J connectivity index is 2.05. The second-order valence-corrected chi connectivity index (χ2v) is 4.55. The minimum Gasteiger partial charge on any atom is -0.396 e. The standard InChI is InChI=1S/C13H18N2O2/c1-10-12(3-2-6-14-10)13(17)15-7-4-11(9-15)5-8-16/h2-3,6,11,16H,4-5,7-9H2,1H3. The Morgan fingerprint density at radius 1 is 1.65 bits per heavy atom. The molecule has 0 aromatic carbocycles. The summed E-state index contributed by atoms with van der Waals surface area (Å²) in [5, 5.41) is 8.90. The van der Waals surface area contributed by atoms with Gasteiger partial charge >= 0.3 is 0 Å². The Morgan fingerprint density at radius 2 is 2.47 bits per heavy atom. The number of hydrogen-bond donors (Lipinski definition) is 1. The molecule has 1 atom stereocenters. The van der Waals surface area contributed by atoms with E-state index in [1.54, 1.807) is 12.3 Å². The molecule has 17 heavy (non-hydrogen) atoms. The van der Waals surface area contributed by atoms with Crippen molar-refractivity contribution in [1.29, 1.82) is 0 Å². The van der Waals surface area contributed by atoms with E-state index < -0.39 is 0 Å². The summed E-state index contributed by atoms with van der Waals surface area (Å²) in [5.41, 5.74) is 1.47. The van der Waals surface area contributed by atoms with Gasteiger partial charge in [0.1, 0.15) is 0 Å². The summed E-state index contributed by atoms with van der Waals surface area (Å²) in [7, 11) is 0. The molecule has 0 bridgehead atoms. The highest BCUT2D eigenvalue weighted by Crippen LogP contribution is 2.21. The summed E-state index contributed by atoms with van der Waals surface area (Å²) in [5.74, 6) is 0.511. The number of nitrogens with zero attached hydrogens (tertiary/aromatic N) is 2. The van der Waals surface area contributed by atoms with Crippen LogP contribution in [0.4, 0.5) is 0 Å². The number of amides is 1. The van der Waals surface area contributed by atoms with Crippen LogP contribution in [-0.2, 0) is 0 Å². The number of pyridine rings is 1. The van der Waals surface area contributed by atoms with Gasteiger partial charge in [-0.3, -0.25) is 9.78 Å². The number of carbonyl (C=O) groups excluding carboxylic acids is 1. The first-order chi connectivity index (χ1) is 8.22. The summed E-state index contributed by atoms with van der Waals surface area (Å²) >= 11 is 0. The maximum absolute atomic E-state index is 12.2. The van der Waals surface area contributed by atoms with Crippen molar-refractivity contribution in [3.8, 4) is 0 Å². The highest BCUT2D eigenvalue weighted by Gasteiger charge is 2.27. The quantitative estimate of drug-likeness (QED) is 0.856. The number of carbonyl (C=O) groups is 1. The molecule has 0 saturated carbocycles. The lowest BCUT2D eigenvalue weighted by Crippen LogP contribution is -2.29. The summed E-state index contributed by atoms with van der Waals surface area (Å²) in [4.78, 5) is 18.2. The molecule has 4 nitrogen and oxygen atoms in total. The third-order valence-electron chi connectivity index (χ3n) is 3.35. The summed E-state index contributed by atoms with van der Waals surface area (Å²) < 4.78 is 0. The monoisotopic (exact) mass is 234 g/mol. The van der Waals surface area contributed by atoms with Crippen LogP contribution in [0.15, 0.2) is 18.3 Å². The van der Waals surface area contributed by atoms with Crippen LogP contribution in [0.5, 0.6) is 0 Å². The van der Waals surface area contributed by atoms with Crippen molar-refractivity contribution in [2.75, 3.05) is 19.7 Å². The van der Waals surface area contributed by atoms with Gasteiger partial charge in [0.2, 0.25) is 0 Å². The zero-order chi connectivity index (χ0) is 12.3. The highest BCUT2D eigenvalue weighted by atomic mass is 16.3. The number of aliphatic hydroxyl groups is 1. The van der Waals surface area contributed by atoms with Gasteiger partial charge in [-0.05, 0) is 37.8 Å². The lowest BCUT2D eigenvalue weighted by atomic mass is 10.1. The molecule has 1 amide bonds. The fourth-order valence-corrected chi connectivity index (χ4v) is 2.32. The van der Waals surface area contributed by atoms with Crippen molar-refractivity contribution < 1.29 is 9.90 Å². The Labute approximate surface area is 101 Å². The maximum Gasteiger partial charge on any atom is 0.255 e. The molecule has 1 unspecified atom stereocenters. The maximum atomic E-state index is 12.2. The number of aromatic nitrogens is 1. The van der Waals surface area contributed by atoms with Crippen LogP contribution in [0, 0.1) is 12.8 Å². The first-order valence-electron chi connectivity index (χ1n) is 6.04. The van der Waals surface area contributed by atoms with Crippen LogP contribution in [0.3, 0.4) is 0 Å². The zero-order valence-corrected chi connectivity index (χ0v) is 10.1. The molecular weight excluding hydrogens is 216 g/mol. The smallest absolute Gasteiger partial charge is 0.255 e. The lowest BCUT2D eigenvalue weighted by molar-refractivity contribution is 0.0783. The molecule has 92 valence electrons. The Hall–Kier alpha value is -1.42. The molecule has 2 heterocycles. The van der Waals surface area contributed by atoms with E-state index in [2.05, 4.69) is 4.98 Å². The normalized spacial score (nSPS) is 19.6. The third-order valence-corrected chi connectivity index (χ3v) is 3.35. The molecular formula is C13H18N2O2.